The Hall–Kier alpha value is -1.68. The van der Waals surface area contributed by atoms with Crippen molar-refractivity contribution in [3.63, 3.8) is 0 Å². The van der Waals surface area contributed by atoms with Crippen molar-refractivity contribution in [1.29, 1.82) is 0 Å². The fourth-order valence-corrected chi connectivity index (χ4v) is 1.55. The molecule has 0 saturated carbocycles. The zero-order valence-electron chi connectivity index (χ0n) is 8.77. The number of aryl methyl sites for hydroxylation is 1. The molecule has 1 heterocycles. The molecule has 1 aromatic heterocycles. The van der Waals surface area contributed by atoms with Gasteiger partial charge in [-0.1, -0.05) is 0 Å². The molecule has 2 rings (SSSR count). The largest absolute Gasteiger partial charge is 0.334 e. The highest BCUT2D eigenvalue weighted by molar-refractivity contribution is 6.01. The molecule has 0 aliphatic heterocycles. The summed E-state index contributed by atoms with van der Waals surface area (Å²) in [6.45, 7) is 1.69. The fourth-order valence-electron chi connectivity index (χ4n) is 1.55. The van der Waals surface area contributed by atoms with Crippen LogP contribution in [-0.4, -0.2) is 21.4 Å². The van der Waals surface area contributed by atoms with Crippen LogP contribution in [0.2, 0.25) is 0 Å². The first-order valence-corrected chi connectivity index (χ1v) is 4.80. The van der Waals surface area contributed by atoms with Crippen molar-refractivity contribution in [3.05, 3.63) is 30.1 Å². The van der Waals surface area contributed by atoms with Crippen LogP contribution >= 0.6 is 0 Å². The molecule has 0 amide bonds. The van der Waals surface area contributed by atoms with Gasteiger partial charge in [0.1, 0.15) is 0 Å². The Labute approximate surface area is 87.7 Å². The Bertz CT molecular complexity index is 514. The standard InChI is InChI=1S/C11H13N3O/c1-7(12)11(15)8-3-4-10-9(5-8)13-6-14(10)2/h3-7H,12H2,1-2H3. The van der Waals surface area contributed by atoms with Crippen molar-refractivity contribution in [3.8, 4) is 0 Å². The lowest BCUT2D eigenvalue weighted by atomic mass is 10.1. The van der Waals surface area contributed by atoms with E-state index in [1.54, 1.807) is 25.4 Å². The lowest BCUT2D eigenvalue weighted by Crippen LogP contribution is -2.26. The van der Waals surface area contributed by atoms with Crippen LogP contribution in [0.1, 0.15) is 17.3 Å². The molecule has 0 fully saturated rings. The van der Waals surface area contributed by atoms with E-state index < -0.39 is 6.04 Å². The molecule has 78 valence electrons. The molecule has 0 aliphatic rings. The molecule has 0 bridgehead atoms. The Balaban J connectivity index is 2.52. The topological polar surface area (TPSA) is 60.9 Å². The van der Waals surface area contributed by atoms with Gasteiger partial charge in [-0.25, -0.2) is 4.98 Å². The minimum atomic E-state index is -0.467. The summed E-state index contributed by atoms with van der Waals surface area (Å²) < 4.78 is 1.91. The van der Waals surface area contributed by atoms with Crippen molar-refractivity contribution < 1.29 is 4.79 Å². The predicted molar refractivity (Wildman–Crippen MR) is 58.7 cm³/mol. The molecule has 0 saturated heterocycles. The van der Waals surface area contributed by atoms with Crippen LogP contribution < -0.4 is 5.73 Å². The van der Waals surface area contributed by atoms with E-state index in [9.17, 15) is 4.79 Å². The van der Waals surface area contributed by atoms with Gasteiger partial charge in [-0.05, 0) is 25.1 Å². The first kappa shape index (κ1) is 9.86. The molecule has 0 spiro atoms. The molecule has 1 atom stereocenters. The van der Waals surface area contributed by atoms with E-state index in [4.69, 9.17) is 5.73 Å². The van der Waals surface area contributed by atoms with Crippen molar-refractivity contribution >= 4 is 16.8 Å². The summed E-state index contributed by atoms with van der Waals surface area (Å²) in [7, 11) is 1.92. The zero-order chi connectivity index (χ0) is 11.0. The van der Waals surface area contributed by atoms with Crippen LogP contribution in [0.3, 0.4) is 0 Å². The van der Waals surface area contributed by atoms with Gasteiger partial charge in [-0.15, -0.1) is 0 Å². The van der Waals surface area contributed by atoms with Gasteiger partial charge in [0.2, 0.25) is 0 Å². The molecule has 1 aromatic carbocycles. The summed E-state index contributed by atoms with van der Waals surface area (Å²) >= 11 is 0. The smallest absolute Gasteiger partial charge is 0.179 e. The summed E-state index contributed by atoms with van der Waals surface area (Å²) in [6, 6.07) is 4.99. The Morgan fingerprint density at radius 1 is 1.53 bits per heavy atom. The fraction of sp³-hybridized carbons (Fsp3) is 0.273. The number of fused-ring (bicyclic) bond motifs is 1. The highest BCUT2D eigenvalue weighted by atomic mass is 16.1. The van der Waals surface area contributed by atoms with E-state index in [1.165, 1.54) is 0 Å². The number of rotatable bonds is 2. The lowest BCUT2D eigenvalue weighted by Gasteiger charge is -2.04. The number of carbonyl (C=O) groups excluding carboxylic acids is 1. The summed E-state index contributed by atoms with van der Waals surface area (Å²) in [5, 5.41) is 0. The third-order valence-corrected chi connectivity index (χ3v) is 2.42. The molecule has 4 nitrogen and oxygen atoms in total. The maximum Gasteiger partial charge on any atom is 0.179 e. The monoisotopic (exact) mass is 203 g/mol. The van der Waals surface area contributed by atoms with Crippen molar-refractivity contribution in [1.82, 2.24) is 9.55 Å². The highest BCUT2D eigenvalue weighted by Gasteiger charge is 2.11. The Morgan fingerprint density at radius 3 is 2.93 bits per heavy atom. The number of nitrogens with zero attached hydrogens (tertiary/aromatic N) is 2. The van der Waals surface area contributed by atoms with Gasteiger partial charge in [0.05, 0.1) is 23.4 Å². The summed E-state index contributed by atoms with van der Waals surface area (Å²) in [6.07, 6.45) is 1.73. The minimum Gasteiger partial charge on any atom is -0.334 e. The molecule has 0 aliphatic carbocycles. The van der Waals surface area contributed by atoms with E-state index in [0.29, 0.717) is 5.56 Å². The van der Waals surface area contributed by atoms with Gasteiger partial charge in [0.15, 0.2) is 5.78 Å². The maximum absolute atomic E-state index is 11.6. The first-order valence-electron chi connectivity index (χ1n) is 4.80. The molecule has 1 unspecified atom stereocenters. The number of benzene rings is 1. The van der Waals surface area contributed by atoms with Gasteiger partial charge >= 0.3 is 0 Å². The number of ketones is 1. The number of hydrogen-bond acceptors (Lipinski definition) is 3. The first-order chi connectivity index (χ1) is 7.09. The zero-order valence-corrected chi connectivity index (χ0v) is 8.77. The van der Waals surface area contributed by atoms with Crippen molar-refractivity contribution in [2.24, 2.45) is 12.8 Å². The van der Waals surface area contributed by atoms with Crippen molar-refractivity contribution in [2.45, 2.75) is 13.0 Å². The van der Waals surface area contributed by atoms with E-state index in [2.05, 4.69) is 4.98 Å². The lowest BCUT2D eigenvalue weighted by molar-refractivity contribution is 0.0968. The molecular weight excluding hydrogens is 190 g/mol. The molecule has 15 heavy (non-hydrogen) atoms. The molecule has 0 radical (unpaired) electrons. The third kappa shape index (κ3) is 1.64. The highest BCUT2D eigenvalue weighted by Crippen LogP contribution is 2.14. The second-order valence-electron chi connectivity index (χ2n) is 3.71. The summed E-state index contributed by atoms with van der Waals surface area (Å²) in [5.74, 6) is -0.0532. The minimum absolute atomic E-state index is 0.0532. The SMILES string of the molecule is CC(N)C(=O)c1ccc2c(c1)ncn2C. The number of carbonyl (C=O) groups is 1. The number of Topliss-reactive ketones (excluding diaryl/α,β-unsaturated/α-hetero) is 1. The molecule has 2 N–H and O–H groups in total. The van der Waals surface area contributed by atoms with E-state index in [1.807, 2.05) is 17.7 Å². The second kappa shape index (κ2) is 3.47. The van der Waals surface area contributed by atoms with Crippen LogP contribution in [0.25, 0.3) is 11.0 Å². The summed E-state index contributed by atoms with van der Waals surface area (Å²) in [5.41, 5.74) is 8.00. The molecular formula is C11H13N3O. The Morgan fingerprint density at radius 2 is 2.27 bits per heavy atom. The summed E-state index contributed by atoms with van der Waals surface area (Å²) in [4.78, 5) is 15.8. The normalized spacial score (nSPS) is 13.0. The van der Waals surface area contributed by atoms with Crippen LogP contribution in [0, 0.1) is 0 Å². The average molecular weight is 203 g/mol. The third-order valence-electron chi connectivity index (χ3n) is 2.42. The van der Waals surface area contributed by atoms with Crippen LogP contribution in [-0.2, 0) is 7.05 Å². The van der Waals surface area contributed by atoms with Gasteiger partial charge < -0.3 is 10.3 Å². The maximum atomic E-state index is 11.6. The molecule has 2 aromatic rings. The van der Waals surface area contributed by atoms with Gasteiger partial charge in [0.25, 0.3) is 0 Å². The number of aromatic nitrogens is 2. The Kier molecular flexibility index (Phi) is 2.28. The van der Waals surface area contributed by atoms with Crippen LogP contribution in [0.15, 0.2) is 24.5 Å². The number of nitrogens with two attached hydrogens (primary N) is 1. The van der Waals surface area contributed by atoms with Crippen molar-refractivity contribution in [2.75, 3.05) is 0 Å². The quantitative estimate of drug-likeness (QED) is 0.743. The predicted octanol–water partition coefficient (Wildman–Crippen LogP) is 1.10. The number of imidazole rings is 1. The van der Waals surface area contributed by atoms with Crippen LogP contribution in [0.4, 0.5) is 0 Å². The number of hydrogen-bond donors (Lipinski definition) is 1. The van der Waals surface area contributed by atoms with Crippen LogP contribution in [0.5, 0.6) is 0 Å². The van der Waals surface area contributed by atoms with E-state index in [0.717, 1.165) is 11.0 Å². The van der Waals surface area contributed by atoms with E-state index >= 15 is 0 Å². The van der Waals surface area contributed by atoms with E-state index in [-0.39, 0.29) is 5.78 Å². The second-order valence-corrected chi connectivity index (χ2v) is 3.71. The van der Waals surface area contributed by atoms with Gasteiger partial charge in [0, 0.05) is 12.6 Å². The molecule has 4 heteroatoms. The van der Waals surface area contributed by atoms with Gasteiger partial charge in [-0.2, -0.15) is 0 Å². The van der Waals surface area contributed by atoms with Gasteiger partial charge in [-0.3, -0.25) is 4.79 Å². The average Bonchev–Trinajstić information content (AvgIpc) is 2.59.